The predicted molar refractivity (Wildman–Crippen MR) is 155 cm³/mol. The topological polar surface area (TPSA) is 74.8 Å². The van der Waals surface area contributed by atoms with Crippen molar-refractivity contribution in [2.75, 3.05) is 44.8 Å². The number of ether oxygens (including phenoxy) is 1. The van der Waals surface area contributed by atoms with E-state index in [2.05, 4.69) is 38.0 Å². The summed E-state index contributed by atoms with van der Waals surface area (Å²) in [4.78, 5) is 35.6. The lowest BCUT2D eigenvalue weighted by Gasteiger charge is -2.40. The van der Waals surface area contributed by atoms with Crippen molar-refractivity contribution in [2.24, 2.45) is 5.92 Å². The normalized spacial score (nSPS) is 21.3. The van der Waals surface area contributed by atoms with Crippen molar-refractivity contribution >= 4 is 17.4 Å². The van der Waals surface area contributed by atoms with E-state index in [0.29, 0.717) is 24.7 Å². The van der Waals surface area contributed by atoms with Crippen molar-refractivity contribution < 1.29 is 14.3 Å². The highest BCUT2D eigenvalue weighted by Crippen LogP contribution is 2.37. The molecule has 0 spiro atoms. The Morgan fingerprint density at radius 2 is 1.82 bits per heavy atom. The standard InChI is InChI=1S/C33H38N4O3/c1-36-22-32(38)29(27-5-2-3-7-30(27)36)21-35-33(39)28-19-24(9-8-23-10-14-34-15-11-23)20-31-26(28)6-4-16-37(31)25-12-17-40-18-13-25/h10-11,14-15,19-20,25,29H,2-7,12-13,16-18,21-22H2,1H3,(H,35,39). The molecule has 4 aliphatic rings. The minimum Gasteiger partial charge on any atom is -0.381 e. The first-order valence-corrected chi connectivity index (χ1v) is 14.8. The van der Waals surface area contributed by atoms with E-state index in [1.807, 2.05) is 25.2 Å². The maximum atomic E-state index is 13.9. The van der Waals surface area contributed by atoms with Crippen molar-refractivity contribution in [2.45, 2.75) is 57.4 Å². The lowest BCUT2D eigenvalue weighted by molar-refractivity contribution is -0.123. The molecule has 208 valence electrons. The molecule has 40 heavy (non-hydrogen) atoms. The largest absolute Gasteiger partial charge is 0.381 e. The van der Waals surface area contributed by atoms with Crippen LogP contribution in [0.2, 0.25) is 0 Å². The van der Waals surface area contributed by atoms with Crippen molar-refractivity contribution in [3.05, 3.63) is 70.2 Å². The number of fused-ring (bicyclic) bond motifs is 1. The van der Waals surface area contributed by atoms with Gasteiger partial charge in [0.2, 0.25) is 0 Å². The fraction of sp³-hybridized carbons (Fsp3) is 0.485. The number of carbonyl (C=O) groups is 2. The molecule has 1 N–H and O–H groups in total. The molecule has 0 radical (unpaired) electrons. The number of ketones is 1. The highest BCUT2D eigenvalue weighted by molar-refractivity contribution is 5.98. The van der Waals surface area contributed by atoms with Crippen LogP contribution in [-0.4, -0.2) is 67.5 Å². The first-order chi connectivity index (χ1) is 19.6. The Hall–Kier alpha value is -3.63. The summed E-state index contributed by atoms with van der Waals surface area (Å²) in [5.41, 5.74) is 7.16. The molecule has 1 atom stereocenters. The summed E-state index contributed by atoms with van der Waals surface area (Å²) in [7, 11) is 2.02. The van der Waals surface area contributed by atoms with Gasteiger partial charge in [-0.2, -0.15) is 0 Å². The lowest BCUT2D eigenvalue weighted by Crippen LogP contribution is -2.44. The summed E-state index contributed by atoms with van der Waals surface area (Å²) in [6.07, 6.45) is 11.6. The van der Waals surface area contributed by atoms with Crippen LogP contribution in [0.25, 0.3) is 0 Å². The van der Waals surface area contributed by atoms with Crippen LogP contribution in [0.1, 0.15) is 72.0 Å². The third-order valence-electron chi connectivity index (χ3n) is 8.88. The van der Waals surface area contributed by atoms with Crippen LogP contribution in [0.15, 0.2) is 47.9 Å². The molecule has 1 aromatic carbocycles. The maximum Gasteiger partial charge on any atom is 0.251 e. The van der Waals surface area contributed by atoms with Crippen LogP contribution in [-0.2, 0) is 16.0 Å². The van der Waals surface area contributed by atoms with Gasteiger partial charge in [0.15, 0.2) is 5.78 Å². The van der Waals surface area contributed by atoms with Crippen LogP contribution in [0.3, 0.4) is 0 Å². The number of allylic oxidation sites excluding steroid dienone is 1. The number of likely N-dealkylation sites (N-methyl/N-ethyl adjacent to an activating group) is 1. The summed E-state index contributed by atoms with van der Waals surface area (Å²) in [5, 5.41) is 3.19. The van der Waals surface area contributed by atoms with Gasteiger partial charge in [-0.25, -0.2) is 0 Å². The van der Waals surface area contributed by atoms with Crippen LogP contribution < -0.4 is 10.2 Å². The number of pyridine rings is 1. The van der Waals surface area contributed by atoms with Crippen molar-refractivity contribution in [1.29, 1.82) is 0 Å². The second-order valence-electron chi connectivity index (χ2n) is 11.4. The molecule has 0 bridgehead atoms. The number of anilines is 1. The zero-order valence-corrected chi connectivity index (χ0v) is 23.4. The van der Waals surface area contributed by atoms with Crippen molar-refractivity contribution in [3.8, 4) is 11.8 Å². The molecule has 1 fully saturated rings. The summed E-state index contributed by atoms with van der Waals surface area (Å²) in [6.45, 7) is 3.30. The molecule has 1 aliphatic carbocycles. The SMILES string of the molecule is CN1CC(=O)C(CNC(=O)c2cc(C#Cc3ccncc3)cc3c2CCCN3C2CCOCC2)C2=C1CCCC2. The van der Waals surface area contributed by atoms with Gasteiger partial charge in [-0.15, -0.1) is 0 Å². The molecule has 7 nitrogen and oxygen atoms in total. The van der Waals surface area contributed by atoms with E-state index >= 15 is 0 Å². The average Bonchev–Trinajstić information content (AvgIpc) is 3.00. The van der Waals surface area contributed by atoms with E-state index in [-0.39, 0.29) is 17.6 Å². The van der Waals surface area contributed by atoms with E-state index in [1.165, 1.54) is 17.7 Å². The van der Waals surface area contributed by atoms with Gasteiger partial charge in [0.25, 0.3) is 5.91 Å². The molecule has 7 heteroatoms. The van der Waals surface area contributed by atoms with Crippen molar-refractivity contribution in [1.82, 2.24) is 15.2 Å². The Balaban J connectivity index is 1.31. The van der Waals surface area contributed by atoms with E-state index in [1.54, 1.807) is 12.4 Å². The third kappa shape index (κ3) is 5.51. The number of amides is 1. The summed E-state index contributed by atoms with van der Waals surface area (Å²) in [5.74, 6) is 6.42. The maximum absolute atomic E-state index is 13.9. The first-order valence-electron chi connectivity index (χ1n) is 14.8. The van der Waals surface area contributed by atoms with Gasteiger partial charge in [0, 0.05) is 79.9 Å². The van der Waals surface area contributed by atoms with Crippen LogP contribution in [0.4, 0.5) is 5.69 Å². The number of benzene rings is 1. The Bertz CT molecular complexity index is 1370. The third-order valence-corrected chi connectivity index (χ3v) is 8.88. The summed E-state index contributed by atoms with van der Waals surface area (Å²) >= 11 is 0. The zero-order chi connectivity index (χ0) is 27.5. The number of hydrogen-bond donors (Lipinski definition) is 1. The first kappa shape index (κ1) is 26.6. The van der Waals surface area contributed by atoms with Crippen LogP contribution in [0, 0.1) is 17.8 Å². The van der Waals surface area contributed by atoms with E-state index in [9.17, 15) is 9.59 Å². The molecule has 0 saturated carbocycles. The molecule has 1 amide bonds. The number of carbonyl (C=O) groups excluding carboxylic acids is 2. The molecule has 6 rings (SSSR count). The van der Waals surface area contributed by atoms with E-state index in [4.69, 9.17) is 4.74 Å². The zero-order valence-electron chi connectivity index (χ0n) is 23.4. The molecule has 1 saturated heterocycles. The molecule has 4 heterocycles. The number of Topliss-reactive ketones (excluding diaryl/α,β-unsaturated/α-hetero) is 1. The minimum atomic E-state index is -0.223. The van der Waals surface area contributed by atoms with Crippen LogP contribution in [0.5, 0.6) is 0 Å². The van der Waals surface area contributed by atoms with E-state index < -0.39 is 0 Å². The second kappa shape index (κ2) is 11.9. The molecular weight excluding hydrogens is 500 g/mol. The molecular formula is C33H38N4O3. The van der Waals surface area contributed by atoms with E-state index in [0.717, 1.165) is 87.1 Å². The number of aromatic nitrogens is 1. The molecule has 1 aromatic heterocycles. The van der Waals surface area contributed by atoms with Gasteiger partial charge in [-0.3, -0.25) is 14.6 Å². The highest BCUT2D eigenvalue weighted by atomic mass is 16.5. The Morgan fingerprint density at radius 3 is 2.65 bits per heavy atom. The summed E-state index contributed by atoms with van der Waals surface area (Å²) in [6, 6.07) is 8.28. The number of hydrogen-bond acceptors (Lipinski definition) is 6. The average molecular weight is 539 g/mol. The Labute approximate surface area is 237 Å². The predicted octanol–water partition coefficient (Wildman–Crippen LogP) is 4.10. The highest BCUT2D eigenvalue weighted by Gasteiger charge is 2.34. The van der Waals surface area contributed by atoms with Crippen LogP contribution >= 0.6 is 0 Å². The van der Waals surface area contributed by atoms with Gasteiger partial charge in [-0.1, -0.05) is 11.8 Å². The quantitative estimate of drug-likeness (QED) is 0.591. The van der Waals surface area contributed by atoms with Gasteiger partial charge < -0.3 is 19.9 Å². The number of rotatable bonds is 4. The van der Waals surface area contributed by atoms with Gasteiger partial charge >= 0.3 is 0 Å². The summed E-state index contributed by atoms with van der Waals surface area (Å²) < 4.78 is 5.64. The van der Waals surface area contributed by atoms with Crippen molar-refractivity contribution in [3.63, 3.8) is 0 Å². The smallest absolute Gasteiger partial charge is 0.251 e. The van der Waals surface area contributed by atoms with Gasteiger partial charge in [0.05, 0.1) is 12.5 Å². The van der Waals surface area contributed by atoms with Gasteiger partial charge in [-0.05, 0) is 86.8 Å². The Kier molecular flexibility index (Phi) is 7.88. The molecule has 3 aliphatic heterocycles. The second-order valence-corrected chi connectivity index (χ2v) is 11.4. The van der Waals surface area contributed by atoms with Gasteiger partial charge in [0.1, 0.15) is 0 Å². The monoisotopic (exact) mass is 538 g/mol. The lowest BCUT2D eigenvalue weighted by atomic mass is 9.81. The molecule has 1 unspecified atom stereocenters. The molecule has 2 aromatic rings. The Morgan fingerprint density at radius 1 is 1.05 bits per heavy atom. The number of nitrogens with one attached hydrogen (secondary N) is 1. The number of nitrogens with zero attached hydrogens (tertiary/aromatic N) is 3. The fourth-order valence-electron chi connectivity index (χ4n) is 6.84. The minimum absolute atomic E-state index is 0.109. The fourth-order valence-corrected chi connectivity index (χ4v) is 6.84.